The third kappa shape index (κ3) is 1.83. The van der Waals surface area contributed by atoms with Crippen LogP contribution in [-0.2, 0) is 13.2 Å². The third-order valence-electron chi connectivity index (χ3n) is 1.94. The van der Waals surface area contributed by atoms with Gasteiger partial charge in [-0.2, -0.15) is 0 Å². The highest BCUT2D eigenvalue weighted by Crippen LogP contribution is 2.13. The van der Waals surface area contributed by atoms with Gasteiger partial charge in [0.05, 0.1) is 11.6 Å². The first-order valence-electron chi connectivity index (χ1n) is 4.32. The summed E-state index contributed by atoms with van der Waals surface area (Å²) in [6.45, 7) is 2.70. The number of hydrogen-bond acceptors (Lipinski definition) is 4. The molecule has 0 saturated carbocycles. The quantitative estimate of drug-likeness (QED) is 0.826. The molecule has 14 heavy (non-hydrogen) atoms. The van der Waals surface area contributed by atoms with E-state index >= 15 is 0 Å². The van der Waals surface area contributed by atoms with E-state index in [0.717, 1.165) is 11.6 Å². The van der Waals surface area contributed by atoms with Crippen LogP contribution in [0.1, 0.15) is 15.7 Å². The zero-order valence-electron chi connectivity index (χ0n) is 7.84. The van der Waals surface area contributed by atoms with Crippen molar-refractivity contribution >= 4 is 11.3 Å². The molecule has 2 rings (SSSR count). The predicted octanol–water partition coefficient (Wildman–Crippen LogP) is 1.19. The molecule has 74 valence electrons. The normalized spacial score (nSPS) is 10.7. The lowest BCUT2D eigenvalue weighted by molar-refractivity contribution is 0.266. The summed E-state index contributed by atoms with van der Waals surface area (Å²) in [5.41, 5.74) is 0. The topological polar surface area (TPSA) is 50.9 Å². The van der Waals surface area contributed by atoms with E-state index in [4.69, 9.17) is 5.11 Å². The Bertz CT molecular complexity index is 421. The summed E-state index contributed by atoms with van der Waals surface area (Å²) in [6.07, 6.45) is 5.42. The van der Waals surface area contributed by atoms with E-state index in [2.05, 4.69) is 9.97 Å². The molecule has 0 radical (unpaired) electrons. The molecule has 1 N–H and O–H groups in total. The van der Waals surface area contributed by atoms with Crippen LogP contribution in [0, 0.1) is 6.92 Å². The molecular formula is C9H11N3OS. The van der Waals surface area contributed by atoms with Crippen LogP contribution in [-0.4, -0.2) is 19.6 Å². The summed E-state index contributed by atoms with van der Waals surface area (Å²) in [5, 5.41) is 10.1. The number of aryl methyl sites for hydroxylation is 1. The maximum absolute atomic E-state index is 8.99. The Hall–Kier alpha value is -1.20. The number of hydrogen-bond donors (Lipinski definition) is 1. The van der Waals surface area contributed by atoms with Crippen LogP contribution in [0.15, 0.2) is 18.6 Å². The highest BCUT2D eigenvalue weighted by molar-refractivity contribution is 7.11. The van der Waals surface area contributed by atoms with Crippen molar-refractivity contribution < 1.29 is 5.11 Å². The molecule has 0 aromatic carbocycles. The van der Waals surface area contributed by atoms with Gasteiger partial charge in [0.1, 0.15) is 12.4 Å². The van der Waals surface area contributed by atoms with Crippen LogP contribution < -0.4 is 0 Å². The molecule has 0 aliphatic carbocycles. The van der Waals surface area contributed by atoms with Crippen LogP contribution in [0.4, 0.5) is 0 Å². The second-order valence-corrected chi connectivity index (χ2v) is 4.29. The fraction of sp³-hybridized carbons (Fsp3) is 0.333. The maximum Gasteiger partial charge on any atom is 0.134 e. The highest BCUT2D eigenvalue weighted by atomic mass is 32.1. The summed E-state index contributed by atoms with van der Waals surface area (Å²) in [4.78, 5) is 9.39. The van der Waals surface area contributed by atoms with E-state index in [1.807, 2.05) is 23.9 Å². The number of nitrogens with zero attached hydrogens (tertiary/aromatic N) is 3. The minimum Gasteiger partial charge on any atom is -0.388 e. The first-order valence-corrected chi connectivity index (χ1v) is 5.13. The summed E-state index contributed by atoms with van der Waals surface area (Å²) in [5.74, 6) is 0.691. The van der Waals surface area contributed by atoms with Crippen LogP contribution in [0.5, 0.6) is 0 Å². The SMILES string of the molecule is Cc1ncc(Cn2ccnc2CO)s1. The first kappa shape index (κ1) is 9.36. The molecule has 5 heteroatoms. The van der Waals surface area contributed by atoms with Crippen molar-refractivity contribution in [1.82, 2.24) is 14.5 Å². The molecule has 2 aromatic heterocycles. The largest absolute Gasteiger partial charge is 0.388 e. The van der Waals surface area contributed by atoms with Crippen molar-refractivity contribution in [1.29, 1.82) is 0 Å². The van der Waals surface area contributed by atoms with Crippen molar-refractivity contribution in [2.75, 3.05) is 0 Å². The van der Waals surface area contributed by atoms with Crippen molar-refractivity contribution in [2.24, 2.45) is 0 Å². The average molecular weight is 209 g/mol. The molecule has 2 heterocycles. The molecule has 0 amide bonds. The molecule has 2 aromatic rings. The van der Waals surface area contributed by atoms with E-state index in [-0.39, 0.29) is 6.61 Å². The van der Waals surface area contributed by atoms with Gasteiger partial charge in [0.25, 0.3) is 0 Å². The Morgan fingerprint density at radius 3 is 3.00 bits per heavy atom. The molecule has 0 unspecified atom stereocenters. The number of aliphatic hydroxyl groups is 1. The van der Waals surface area contributed by atoms with Crippen molar-refractivity contribution in [3.05, 3.63) is 34.3 Å². The number of aliphatic hydroxyl groups excluding tert-OH is 1. The van der Waals surface area contributed by atoms with E-state index in [1.54, 1.807) is 17.5 Å². The molecule has 0 bridgehead atoms. The van der Waals surface area contributed by atoms with Crippen LogP contribution in [0.3, 0.4) is 0 Å². The van der Waals surface area contributed by atoms with Gasteiger partial charge in [-0.15, -0.1) is 11.3 Å². The number of thiazole rings is 1. The van der Waals surface area contributed by atoms with Crippen LogP contribution in [0.2, 0.25) is 0 Å². The Balaban J connectivity index is 2.18. The zero-order chi connectivity index (χ0) is 9.97. The molecule has 0 saturated heterocycles. The maximum atomic E-state index is 8.99. The lowest BCUT2D eigenvalue weighted by atomic mass is 10.5. The average Bonchev–Trinajstić information content (AvgIpc) is 2.76. The van der Waals surface area contributed by atoms with E-state index < -0.39 is 0 Å². The molecular weight excluding hydrogens is 198 g/mol. The van der Waals surface area contributed by atoms with Gasteiger partial charge >= 0.3 is 0 Å². The van der Waals surface area contributed by atoms with Gasteiger partial charge < -0.3 is 9.67 Å². The minimum atomic E-state index is -0.0230. The monoisotopic (exact) mass is 209 g/mol. The second kappa shape index (κ2) is 3.89. The van der Waals surface area contributed by atoms with E-state index in [1.165, 1.54) is 4.88 Å². The molecule has 0 atom stereocenters. The number of imidazole rings is 1. The van der Waals surface area contributed by atoms with Gasteiger partial charge in [0.2, 0.25) is 0 Å². The predicted molar refractivity (Wildman–Crippen MR) is 54.1 cm³/mol. The molecule has 0 aliphatic heterocycles. The summed E-state index contributed by atoms with van der Waals surface area (Å²) >= 11 is 1.66. The van der Waals surface area contributed by atoms with Gasteiger partial charge in [-0.3, -0.25) is 0 Å². The molecule has 4 nitrogen and oxygen atoms in total. The number of aromatic nitrogens is 3. The van der Waals surface area contributed by atoms with Gasteiger partial charge in [-0.25, -0.2) is 9.97 Å². The van der Waals surface area contributed by atoms with Crippen LogP contribution >= 0.6 is 11.3 Å². The van der Waals surface area contributed by atoms with Crippen molar-refractivity contribution in [3.8, 4) is 0 Å². The third-order valence-corrected chi connectivity index (χ3v) is 2.84. The summed E-state index contributed by atoms with van der Waals surface area (Å²) in [6, 6.07) is 0. The van der Waals surface area contributed by atoms with Crippen LogP contribution in [0.25, 0.3) is 0 Å². The minimum absolute atomic E-state index is 0.0230. The Morgan fingerprint density at radius 2 is 2.36 bits per heavy atom. The zero-order valence-corrected chi connectivity index (χ0v) is 8.66. The Kier molecular flexibility index (Phi) is 2.60. The molecule has 0 spiro atoms. The van der Waals surface area contributed by atoms with Crippen molar-refractivity contribution in [3.63, 3.8) is 0 Å². The molecule has 0 aliphatic rings. The summed E-state index contributed by atoms with van der Waals surface area (Å²) < 4.78 is 1.92. The smallest absolute Gasteiger partial charge is 0.134 e. The fourth-order valence-corrected chi connectivity index (χ4v) is 2.08. The van der Waals surface area contributed by atoms with Gasteiger partial charge in [0, 0.05) is 23.5 Å². The Morgan fingerprint density at radius 1 is 1.50 bits per heavy atom. The fourth-order valence-electron chi connectivity index (χ4n) is 1.28. The first-order chi connectivity index (χ1) is 6.79. The summed E-state index contributed by atoms with van der Waals surface area (Å²) in [7, 11) is 0. The number of rotatable bonds is 3. The van der Waals surface area contributed by atoms with Gasteiger partial charge in [0.15, 0.2) is 0 Å². The lowest BCUT2D eigenvalue weighted by Gasteiger charge is -2.02. The standard InChI is InChI=1S/C9H11N3OS/c1-7-11-4-8(14-7)5-12-3-2-10-9(12)6-13/h2-4,13H,5-6H2,1H3. The Labute approximate surface area is 85.9 Å². The lowest BCUT2D eigenvalue weighted by Crippen LogP contribution is -2.02. The second-order valence-electron chi connectivity index (χ2n) is 2.98. The van der Waals surface area contributed by atoms with Gasteiger partial charge in [-0.05, 0) is 6.92 Å². The van der Waals surface area contributed by atoms with Gasteiger partial charge in [-0.1, -0.05) is 0 Å². The van der Waals surface area contributed by atoms with E-state index in [9.17, 15) is 0 Å². The molecule has 0 fully saturated rings. The van der Waals surface area contributed by atoms with Crippen molar-refractivity contribution in [2.45, 2.75) is 20.1 Å². The highest BCUT2D eigenvalue weighted by Gasteiger charge is 2.03. The van der Waals surface area contributed by atoms with E-state index in [0.29, 0.717) is 5.82 Å².